The number of halogens is 1. The fourth-order valence-electron chi connectivity index (χ4n) is 3.86. The van der Waals surface area contributed by atoms with Crippen molar-refractivity contribution in [1.82, 2.24) is 34.8 Å². The topological polar surface area (TPSA) is 88.3 Å². The van der Waals surface area contributed by atoms with Crippen molar-refractivity contribution in [1.29, 1.82) is 0 Å². The van der Waals surface area contributed by atoms with Gasteiger partial charge < -0.3 is 10.2 Å². The maximum Gasteiger partial charge on any atom is 0.252 e. The Morgan fingerprint density at radius 2 is 1.91 bits per heavy atom. The molecule has 0 aliphatic carbocycles. The van der Waals surface area contributed by atoms with Gasteiger partial charge in [0, 0.05) is 36.7 Å². The van der Waals surface area contributed by atoms with Crippen molar-refractivity contribution in [3.8, 4) is 11.3 Å². The molecule has 3 heterocycles. The highest BCUT2D eigenvalue weighted by molar-refractivity contribution is 6.34. The van der Waals surface area contributed by atoms with E-state index in [-0.39, 0.29) is 5.91 Å². The molecule has 176 valence electrons. The van der Waals surface area contributed by atoms with Gasteiger partial charge in [0.1, 0.15) is 5.69 Å². The monoisotopic (exact) mass is 485 g/mol. The van der Waals surface area contributed by atoms with Gasteiger partial charge in [-0.25, -0.2) is 14.5 Å². The first-order valence-electron chi connectivity index (χ1n) is 11.2. The van der Waals surface area contributed by atoms with Crippen molar-refractivity contribution < 1.29 is 4.79 Å². The molecular weight excluding hydrogens is 462 g/mol. The fourth-order valence-corrected chi connectivity index (χ4v) is 4.13. The minimum Gasteiger partial charge on any atom is -0.351 e. The lowest BCUT2D eigenvalue weighted by atomic mass is 10.1. The van der Waals surface area contributed by atoms with E-state index in [1.807, 2.05) is 43.3 Å². The van der Waals surface area contributed by atoms with Crippen LogP contribution in [-0.4, -0.2) is 62.6 Å². The van der Waals surface area contributed by atoms with Gasteiger partial charge >= 0.3 is 0 Å². The van der Waals surface area contributed by atoms with Crippen LogP contribution in [0, 0.1) is 0 Å². The van der Waals surface area contributed by atoms with E-state index in [0.717, 1.165) is 34.3 Å². The van der Waals surface area contributed by atoms with Crippen LogP contribution in [0.5, 0.6) is 0 Å². The molecule has 9 heteroatoms. The number of nitrogens with zero attached hydrogens (tertiary/aromatic N) is 6. The van der Waals surface area contributed by atoms with Gasteiger partial charge in [-0.3, -0.25) is 9.78 Å². The summed E-state index contributed by atoms with van der Waals surface area (Å²) >= 11 is 6.46. The van der Waals surface area contributed by atoms with Crippen LogP contribution in [0.2, 0.25) is 5.02 Å². The minimum absolute atomic E-state index is 0.201. The maximum absolute atomic E-state index is 12.5. The van der Waals surface area contributed by atoms with E-state index < -0.39 is 0 Å². The van der Waals surface area contributed by atoms with Gasteiger partial charge in [0.25, 0.3) is 11.7 Å². The number of carbonyl (C=O) groups is 1. The standard InChI is InChI=1S/C26H24ClN7O/c1-33(2)11-10-29-25(35)21-7-6-19(14-22(21)27)24-16-31-26-30-15-20(34(26)32-24)13-17-5-8-23-18(12-17)4-3-9-28-23/h3-9,12,14-16H,10-11,13H2,1-2H3,(H,29,35). The number of aromatic nitrogens is 5. The molecule has 0 bridgehead atoms. The van der Waals surface area contributed by atoms with E-state index in [9.17, 15) is 4.79 Å². The van der Waals surface area contributed by atoms with Crippen LogP contribution < -0.4 is 5.32 Å². The second-order valence-electron chi connectivity index (χ2n) is 8.57. The summed E-state index contributed by atoms with van der Waals surface area (Å²) in [5.74, 6) is 0.321. The third-order valence-corrected chi connectivity index (χ3v) is 6.02. The molecule has 2 aromatic carbocycles. The second-order valence-corrected chi connectivity index (χ2v) is 8.97. The van der Waals surface area contributed by atoms with Gasteiger partial charge in [0.05, 0.1) is 34.2 Å². The number of hydrogen-bond donors (Lipinski definition) is 1. The number of carbonyl (C=O) groups excluding carboxylic acids is 1. The zero-order valence-corrected chi connectivity index (χ0v) is 20.2. The molecule has 3 aromatic heterocycles. The van der Waals surface area contributed by atoms with E-state index in [2.05, 4.69) is 32.4 Å². The van der Waals surface area contributed by atoms with Crippen LogP contribution in [0.25, 0.3) is 27.9 Å². The predicted molar refractivity (Wildman–Crippen MR) is 137 cm³/mol. The Bertz CT molecular complexity index is 1530. The summed E-state index contributed by atoms with van der Waals surface area (Å²) in [6.07, 6.45) is 5.90. The third kappa shape index (κ3) is 4.99. The van der Waals surface area contributed by atoms with Gasteiger partial charge in [-0.1, -0.05) is 29.8 Å². The second kappa shape index (κ2) is 9.77. The number of fused-ring (bicyclic) bond motifs is 2. The van der Waals surface area contributed by atoms with Crippen LogP contribution in [0.3, 0.4) is 0 Å². The average Bonchev–Trinajstić information content (AvgIpc) is 3.25. The lowest BCUT2D eigenvalue weighted by Crippen LogP contribution is -2.31. The molecule has 5 aromatic rings. The van der Waals surface area contributed by atoms with Gasteiger partial charge in [0.15, 0.2) is 0 Å². The number of nitrogens with one attached hydrogen (secondary N) is 1. The highest BCUT2D eigenvalue weighted by Gasteiger charge is 2.14. The van der Waals surface area contributed by atoms with Crippen LogP contribution >= 0.6 is 11.6 Å². The molecule has 1 N–H and O–H groups in total. The Labute approximate surface area is 207 Å². The lowest BCUT2D eigenvalue weighted by molar-refractivity contribution is 0.0951. The summed E-state index contributed by atoms with van der Waals surface area (Å²) in [5.41, 5.74) is 4.85. The minimum atomic E-state index is -0.201. The molecule has 0 saturated heterocycles. The van der Waals surface area contributed by atoms with E-state index in [4.69, 9.17) is 16.7 Å². The van der Waals surface area contributed by atoms with E-state index in [1.54, 1.807) is 35.2 Å². The molecule has 0 aliphatic rings. The van der Waals surface area contributed by atoms with E-state index in [0.29, 0.717) is 35.0 Å². The van der Waals surface area contributed by atoms with Crippen molar-refractivity contribution in [3.63, 3.8) is 0 Å². The molecule has 1 amide bonds. The molecule has 0 aliphatic heterocycles. The molecule has 0 unspecified atom stereocenters. The fraction of sp³-hybridized carbons (Fsp3) is 0.192. The van der Waals surface area contributed by atoms with Gasteiger partial charge in [0.2, 0.25) is 0 Å². The molecule has 5 rings (SSSR count). The summed E-state index contributed by atoms with van der Waals surface area (Å²) in [7, 11) is 3.91. The Hall–Kier alpha value is -3.88. The molecule has 35 heavy (non-hydrogen) atoms. The van der Waals surface area contributed by atoms with Crippen molar-refractivity contribution in [3.05, 3.63) is 89.0 Å². The largest absolute Gasteiger partial charge is 0.351 e. The molecule has 8 nitrogen and oxygen atoms in total. The van der Waals surface area contributed by atoms with Crippen LogP contribution in [-0.2, 0) is 6.42 Å². The van der Waals surface area contributed by atoms with Crippen LogP contribution in [0.1, 0.15) is 21.6 Å². The number of pyridine rings is 1. The molecular formula is C26H24ClN7O. The number of hydrogen-bond acceptors (Lipinski definition) is 6. The Kier molecular flexibility index (Phi) is 6.39. The van der Waals surface area contributed by atoms with Crippen molar-refractivity contribution in [2.24, 2.45) is 0 Å². The molecule has 0 atom stereocenters. The Balaban J connectivity index is 1.40. The van der Waals surface area contributed by atoms with Gasteiger partial charge in [-0.15, -0.1) is 0 Å². The highest BCUT2D eigenvalue weighted by atomic mass is 35.5. The summed E-state index contributed by atoms with van der Waals surface area (Å²) in [4.78, 5) is 27.7. The highest BCUT2D eigenvalue weighted by Crippen LogP contribution is 2.25. The Morgan fingerprint density at radius 3 is 2.74 bits per heavy atom. The number of amides is 1. The van der Waals surface area contributed by atoms with Crippen LogP contribution in [0.4, 0.5) is 0 Å². The summed E-state index contributed by atoms with van der Waals surface area (Å²) in [5, 5.41) is 9.10. The van der Waals surface area contributed by atoms with Crippen molar-refractivity contribution in [2.75, 3.05) is 27.2 Å². The first-order chi connectivity index (χ1) is 17.0. The SMILES string of the molecule is CN(C)CCNC(=O)c1ccc(-c2cnc3ncc(Cc4ccc5ncccc5c4)n3n2)cc1Cl. The zero-order chi connectivity index (χ0) is 24.4. The first kappa shape index (κ1) is 22.9. The zero-order valence-electron chi connectivity index (χ0n) is 19.4. The normalized spacial score (nSPS) is 11.4. The average molecular weight is 486 g/mol. The Morgan fingerprint density at radius 1 is 1.06 bits per heavy atom. The predicted octanol–water partition coefficient (Wildman–Crippen LogP) is 3.88. The van der Waals surface area contributed by atoms with Crippen LogP contribution in [0.15, 0.2) is 67.1 Å². The summed E-state index contributed by atoms with van der Waals surface area (Å²) < 4.78 is 1.75. The first-order valence-corrected chi connectivity index (χ1v) is 11.6. The van der Waals surface area contributed by atoms with Gasteiger partial charge in [-0.2, -0.15) is 5.10 Å². The molecule has 0 saturated carbocycles. The third-order valence-electron chi connectivity index (χ3n) is 5.71. The summed E-state index contributed by atoms with van der Waals surface area (Å²) in [6.45, 7) is 1.30. The number of rotatable bonds is 7. The molecule has 0 fully saturated rings. The quantitative estimate of drug-likeness (QED) is 0.376. The number of likely N-dealkylation sites (N-methyl/N-ethyl adjacent to an activating group) is 1. The van der Waals surface area contributed by atoms with E-state index >= 15 is 0 Å². The maximum atomic E-state index is 12.5. The lowest BCUT2D eigenvalue weighted by Gasteiger charge is -2.11. The molecule has 0 radical (unpaired) electrons. The van der Waals surface area contributed by atoms with Gasteiger partial charge in [-0.05, 0) is 50.0 Å². The smallest absolute Gasteiger partial charge is 0.252 e. The summed E-state index contributed by atoms with van der Waals surface area (Å²) in [6, 6.07) is 15.5. The number of benzene rings is 2. The molecule has 0 spiro atoms. The number of imidazole rings is 1. The van der Waals surface area contributed by atoms with Crippen molar-refractivity contribution >= 4 is 34.2 Å². The van der Waals surface area contributed by atoms with Crippen molar-refractivity contribution in [2.45, 2.75) is 6.42 Å². The van der Waals surface area contributed by atoms with E-state index in [1.165, 1.54) is 0 Å².